The van der Waals surface area contributed by atoms with Gasteiger partial charge in [0, 0.05) is 0 Å². The average Bonchev–Trinajstić information content (AvgIpc) is 2.25. The molecule has 0 spiro atoms. The van der Waals surface area contributed by atoms with E-state index in [1.54, 1.807) is 6.92 Å². The highest BCUT2D eigenvalue weighted by Crippen LogP contribution is 2.05. The third kappa shape index (κ3) is 3.03. The number of hydrogen-bond donors (Lipinski definition) is 0. The minimum Gasteiger partial charge on any atom is -0.466 e. The zero-order valence-corrected chi connectivity index (χ0v) is 9.33. The maximum absolute atomic E-state index is 12.8. The standard InChI is InChI=1S/C9H10ClFN2O3/c1-2-16-7(14)3-4-13-9(15)8(10)6(11)5-12-13/h5H,2-4H2,1H3. The van der Waals surface area contributed by atoms with E-state index in [1.165, 1.54) is 0 Å². The lowest BCUT2D eigenvalue weighted by molar-refractivity contribution is -0.143. The summed E-state index contributed by atoms with van der Waals surface area (Å²) in [6, 6.07) is 0. The van der Waals surface area contributed by atoms with Crippen molar-refractivity contribution in [2.24, 2.45) is 0 Å². The summed E-state index contributed by atoms with van der Waals surface area (Å²) in [6.45, 7) is 1.96. The molecule has 0 saturated heterocycles. The van der Waals surface area contributed by atoms with Crippen molar-refractivity contribution in [3.63, 3.8) is 0 Å². The number of aryl methyl sites for hydroxylation is 1. The summed E-state index contributed by atoms with van der Waals surface area (Å²) in [6.07, 6.45) is 0.817. The van der Waals surface area contributed by atoms with Crippen molar-refractivity contribution in [2.75, 3.05) is 6.61 Å². The molecule has 0 fully saturated rings. The maximum Gasteiger partial charge on any atom is 0.307 e. The molecular weight excluding hydrogens is 239 g/mol. The lowest BCUT2D eigenvalue weighted by Crippen LogP contribution is -2.25. The van der Waals surface area contributed by atoms with Gasteiger partial charge in [0.2, 0.25) is 0 Å². The van der Waals surface area contributed by atoms with E-state index in [2.05, 4.69) is 9.84 Å². The summed E-state index contributed by atoms with van der Waals surface area (Å²) in [5.74, 6) is -1.32. The Kier molecular flexibility index (Phi) is 4.42. The Bertz CT molecular complexity index is 447. The number of halogens is 2. The Hall–Kier alpha value is -1.43. The normalized spacial score (nSPS) is 10.2. The van der Waals surface area contributed by atoms with E-state index >= 15 is 0 Å². The van der Waals surface area contributed by atoms with E-state index in [0.29, 0.717) is 0 Å². The van der Waals surface area contributed by atoms with E-state index in [9.17, 15) is 14.0 Å². The van der Waals surface area contributed by atoms with E-state index in [1.807, 2.05) is 0 Å². The highest BCUT2D eigenvalue weighted by molar-refractivity contribution is 6.30. The van der Waals surface area contributed by atoms with Gasteiger partial charge in [-0.15, -0.1) is 0 Å². The second-order valence-electron chi connectivity index (χ2n) is 2.89. The van der Waals surface area contributed by atoms with Crippen LogP contribution in [0.25, 0.3) is 0 Å². The van der Waals surface area contributed by atoms with Gasteiger partial charge in [0.15, 0.2) is 5.82 Å². The van der Waals surface area contributed by atoms with Crippen LogP contribution in [-0.2, 0) is 16.1 Å². The van der Waals surface area contributed by atoms with Crippen LogP contribution in [0.2, 0.25) is 5.02 Å². The molecule has 0 radical (unpaired) electrons. The van der Waals surface area contributed by atoms with E-state index < -0.39 is 22.4 Å². The molecule has 0 aliphatic heterocycles. The van der Waals surface area contributed by atoms with Gasteiger partial charge in [-0.1, -0.05) is 11.6 Å². The second-order valence-corrected chi connectivity index (χ2v) is 3.27. The van der Waals surface area contributed by atoms with Crippen LogP contribution in [0.3, 0.4) is 0 Å². The molecule has 0 N–H and O–H groups in total. The number of aromatic nitrogens is 2. The van der Waals surface area contributed by atoms with Crippen molar-refractivity contribution in [3.05, 3.63) is 27.4 Å². The first kappa shape index (κ1) is 12.6. The Labute approximate surface area is 95.8 Å². The molecule has 1 heterocycles. The van der Waals surface area contributed by atoms with Crippen LogP contribution in [0.4, 0.5) is 4.39 Å². The molecule has 0 amide bonds. The summed E-state index contributed by atoms with van der Waals surface area (Å²) in [5, 5.41) is 2.98. The SMILES string of the molecule is CCOC(=O)CCn1ncc(F)c(Cl)c1=O. The molecule has 7 heteroatoms. The molecule has 88 valence electrons. The van der Waals surface area contributed by atoms with Crippen LogP contribution in [0.15, 0.2) is 11.0 Å². The van der Waals surface area contributed by atoms with Gasteiger partial charge in [-0.05, 0) is 6.92 Å². The van der Waals surface area contributed by atoms with Gasteiger partial charge in [-0.25, -0.2) is 9.07 Å². The van der Waals surface area contributed by atoms with E-state index in [-0.39, 0.29) is 19.6 Å². The number of esters is 1. The predicted octanol–water partition coefficient (Wildman–Crippen LogP) is 0.989. The van der Waals surface area contributed by atoms with Crippen molar-refractivity contribution in [3.8, 4) is 0 Å². The number of carbonyl (C=O) groups is 1. The molecule has 0 aliphatic carbocycles. The van der Waals surface area contributed by atoms with Crippen LogP contribution in [0, 0.1) is 5.82 Å². The summed E-state index contributed by atoms with van der Waals surface area (Å²) in [7, 11) is 0. The van der Waals surface area contributed by atoms with Crippen molar-refractivity contribution in [2.45, 2.75) is 19.9 Å². The van der Waals surface area contributed by atoms with Crippen LogP contribution in [0.1, 0.15) is 13.3 Å². The lowest BCUT2D eigenvalue weighted by atomic mass is 10.4. The van der Waals surface area contributed by atoms with Crippen LogP contribution < -0.4 is 5.56 Å². The minimum absolute atomic E-state index is 0.0112. The number of nitrogens with zero attached hydrogens (tertiary/aromatic N) is 2. The largest absolute Gasteiger partial charge is 0.466 e. The molecule has 0 atom stereocenters. The van der Waals surface area contributed by atoms with Crippen molar-refractivity contribution in [1.82, 2.24) is 9.78 Å². The zero-order valence-electron chi connectivity index (χ0n) is 8.57. The van der Waals surface area contributed by atoms with Crippen molar-refractivity contribution in [1.29, 1.82) is 0 Å². The molecule has 0 saturated carbocycles. The fourth-order valence-electron chi connectivity index (χ4n) is 1.03. The fraction of sp³-hybridized carbons (Fsp3) is 0.444. The summed E-state index contributed by atoms with van der Waals surface area (Å²) in [5.41, 5.74) is -0.758. The minimum atomic E-state index is -0.876. The molecule has 16 heavy (non-hydrogen) atoms. The van der Waals surface area contributed by atoms with E-state index in [4.69, 9.17) is 11.6 Å². The van der Waals surface area contributed by atoms with Gasteiger partial charge >= 0.3 is 5.97 Å². The predicted molar refractivity (Wildman–Crippen MR) is 54.7 cm³/mol. The van der Waals surface area contributed by atoms with Gasteiger partial charge in [0.1, 0.15) is 5.02 Å². The van der Waals surface area contributed by atoms with Crippen molar-refractivity contribution < 1.29 is 13.9 Å². The number of rotatable bonds is 4. The Morgan fingerprint density at radius 1 is 1.69 bits per heavy atom. The third-order valence-corrected chi connectivity index (χ3v) is 2.12. The monoisotopic (exact) mass is 248 g/mol. The zero-order chi connectivity index (χ0) is 12.1. The smallest absolute Gasteiger partial charge is 0.307 e. The first-order chi connectivity index (χ1) is 7.56. The molecule has 0 aliphatic rings. The highest BCUT2D eigenvalue weighted by atomic mass is 35.5. The molecule has 0 bridgehead atoms. The first-order valence-corrected chi connectivity index (χ1v) is 5.00. The van der Waals surface area contributed by atoms with Gasteiger partial charge in [-0.2, -0.15) is 5.10 Å². The molecule has 0 aromatic carbocycles. The Morgan fingerprint density at radius 2 is 2.38 bits per heavy atom. The summed E-state index contributed by atoms with van der Waals surface area (Å²) >= 11 is 5.39. The molecule has 1 aromatic rings. The number of carbonyl (C=O) groups excluding carboxylic acids is 1. The molecule has 0 unspecified atom stereocenters. The second kappa shape index (κ2) is 5.60. The third-order valence-electron chi connectivity index (χ3n) is 1.78. The number of hydrogen-bond acceptors (Lipinski definition) is 4. The fourth-order valence-corrected chi connectivity index (χ4v) is 1.18. The maximum atomic E-state index is 12.8. The number of ether oxygens (including phenoxy) is 1. The quantitative estimate of drug-likeness (QED) is 0.746. The van der Waals surface area contributed by atoms with Gasteiger partial charge in [-0.3, -0.25) is 9.59 Å². The van der Waals surface area contributed by atoms with E-state index in [0.717, 1.165) is 10.9 Å². The molecular formula is C9H10ClFN2O3. The topological polar surface area (TPSA) is 61.2 Å². The van der Waals surface area contributed by atoms with Gasteiger partial charge < -0.3 is 4.74 Å². The highest BCUT2D eigenvalue weighted by Gasteiger charge is 2.10. The van der Waals surface area contributed by atoms with Gasteiger partial charge in [0.05, 0.1) is 25.8 Å². The van der Waals surface area contributed by atoms with Gasteiger partial charge in [0.25, 0.3) is 5.56 Å². The molecule has 5 nitrogen and oxygen atoms in total. The first-order valence-electron chi connectivity index (χ1n) is 4.63. The van der Waals surface area contributed by atoms with Crippen molar-refractivity contribution >= 4 is 17.6 Å². The molecule has 1 aromatic heterocycles. The summed E-state index contributed by atoms with van der Waals surface area (Å²) in [4.78, 5) is 22.3. The lowest BCUT2D eigenvalue weighted by Gasteiger charge is -2.04. The van der Waals surface area contributed by atoms with Crippen LogP contribution >= 0.6 is 11.6 Å². The Balaban J connectivity index is 2.72. The average molecular weight is 249 g/mol. The van der Waals surface area contributed by atoms with Crippen LogP contribution in [0.5, 0.6) is 0 Å². The Morgan fingerprint density at radius 3 is 3.00 bits per heavy atom. The van der Waals surface area contributed by atoms with Crippen LogP contribution in [-0.4, -0.2) is 22.4 Å². The molecule has 1 rings (SSSR count). The summed E-state index contributed by atoms with van der Waals surface area (Å²) < 4.78 is 18.4.